The normalized spacial score (nSPS) is 10.1. The molecule has 2 N–H and O–H groups in total. The number of carbonyl (C=O) groups is 1. The molecule has 78 valence electrons. The minimum atomic E-state index is 0.0233. The molecule has 0 aromatic carbocycles. The summed E-state index contributed by atoms with van der Waals surface area (Å²) in [5.41, 5.74) is 5.13. The molecule has 3 nitrogen and oxygen atoms in total. The van der Waals surface area contributed by atoms with E-state index in [9.17, 15) is 4.79 Å². The number of hydrogen-bond donors (Lipinski definition) is 2. The molecule has 0 radical (unpaired) electrons. The second-order valence-electron chi connectivity index (χ2n) is 2.86. The number of carbonyl (C=O) groups excluding carboxylic acids is 1. The van der Waals surface area contributed by atoms with Gasteiger partial charge in [0.05, 0.1) is 4.34 Å². The summed E-state index contributed by atoms with van der Waals surface area (Å²) >= 11 is 7.35. The number of hydrazine groups is 1. The largest absolute Gasteiger partial charge is 0.292 e. The summed E-state index contributed by atoms with van der Waals surface area (Å²) in [7, 11) is 1.68. The molecule has 0 saturated heterocycles. The molecular weight excluding hydrogens is 220 g/mol. The molecule has 0 aliphatic rings. The molecular formula is C9H13ClN2OS. The van der Waals surface area contributed by atoms with Crippen molar-refractivity contribution in [2.75, 3.05) is 7.05 Å². The van der Waals surface area contributed by atoms with Crippen molar-refractivity contribution in [3.8, 4) is 0 Å². The first-order valence-corrected chi connectivity index (χ1v) is 5.61. The minimum Gasteiger partial charge on any atom is -0.292 e. The molecule has 1 aromatic rings. The topological polar surface area (TPSA) is 41.1 Å². The summed E-state index contributed by atoms with van der Waals surface area (Å²) < 4.78 is 0.805. The molecule has 0 aliphatic carbocycles. The van der Waals surface area contributed by atoms with Crippen LogP contribution in [0.5, 0.6) is 0 Å². The summed E-state index contributed by atoms with van der Waals surface area (Å²) in [5.74, 6) is 0.0233. The number of nitrogens with one attached hydrogen (secondary N) is 2. The van der Waals surface area contributed by atoms with Crippen molar-refractivity contribution in [2.24, 2.45) is 0 Å². The molecule has 0 spiro atoms. The van der Waals surface area contributed by atoms with E-state index >= 15 is 0 Å². The molecule has 1 heterocycles. The van der Waals surface area contributed by atoms with Gasteiger partial charge in [-0.05, 0) is 25.0 Å². The maximum atomic E-state index is 11.0. The van der Waals surface area contributed by atoms with Gasteiger partial charge >= 0.3 is 0 Å². The van der Waals surface area contributed by atoms with Crippen LogP contribution in [0.1, 0.15) is 17.7 Å². The molecule has 1 amide bonds. The molecule has 0 aliphatic heterocycles. The Hall–Kier alpha value is -0.580. The Kier molecular flexibility index (Phi) is 4.93. The highest BCUT2D eigenvalue weighted by Crippen LogP contribution is 2.22. The van der Waals surface area contributed by atoms with Gasteiger partial charge < -0.3 is 0 Å². The Morgan fingerprint density at radius 2 is 2.36 bits per heavy atom. The lowest BCUT2D eigenvalue weighted by Gasteiger charge is -2.01. The molecule has 14 heavy (non-hydrogen) atoms. The monoisotopic (exact) mass is 232 g/mol. The van der Waals surface area contributed by atoms with Crippen molar-refractivity contribution in [1.29, 1.82) is 0 Å². The van der Waals surface area contributed by atoms with Crippen LogP contribution in [0.15, 0.2) is 12.1 Å². The molecule has 0 saturated carbocycles. The summed E-state index contributed by atoms with van der Waals surface area (Å²) in [6.45, 7) is 0. The van der Waals surface area contributed by atoms with Crippen molar-refractivity contribution in [1.82, 2.24) is 10.9 Å². The number of thiophene rings is 1. The van der Waals surface area contributed by atoms with E-state index in [4.69, 9.17) is 11.6 Å². The van der Waals surface area contributed by atoms with Crippen molar-refractivity contribution >= 4 is 28.8 Å². The van der Waals surface area contributed by atoms with Gasteiger partial charge in [0.15, 0.2) is 0 Å². The van der Waals surface area contributed by atoms with E-state index in [1.54, 1.807) is 18.4 Å². The maximum absolute atomic E-state index is 11.0. The fraction of sp³-hybridized carbons (Fsp3) is 0.444. The van der Waals surface area contributed by atoms with E-state index in [2.05, 4.69) is 10.9 Å². The van der Waals surface area contributed by atoms with Crippen LogP contribution in [0.3, 0.4) is 0 Å². The fourth-order valence-corrected chi connectivity index (χ4v) is 2.24. The van der Waals surface area contributed by atoms with Gasteiger partial charge in [-0.25, -0.2) is 5.43 Å². The second kappa shape index (κ2) is 6.01. The quantitative estimate of drug-likeness (QED) is 0.763. The lowest BCUT2D eigenvalue weighted by Crippen LogP contribution is -2.33. The Bertz CT molecular complexity index is 301. The highest BCUT2D eigenvalue weighted by Gasteiger charge is 2.01. The maximum Gasteiger partial charge on any atom is 0.234 e. The first kappa shape index (κ1) is 11.5. The summed E-state index contributed by atoms with van der Waals surface area (Å²) in [6.07, 6.45) is 2.30. The third-order valence-electron chi connectivity index (χ3n) is 1.72. The van der Waals surface area contributed by atoms with Crippen LogP contribution < -0.4 is 10.9 Å². The van der Waals surface area contributed by atoms with Crippen molar-refractivity contribution in [3.63, 3.8) is 0 Å². The van der Waals surface area contributed by atoms with Crippen molar-refractivity contribution in [3.05, 3.63) is 21.3 Å². The molecule has 0 unspecified atom stereocenters. The molecule has 1 rings (SSSR count). The highest BCUT2D eigenvalue weighted by molar-refractivity contribution is 7.16. The van der Waals surface area contributed by atoms with Crippen LogP contribution in [-0.2, 0) is 11.2 Å². The molecule has 0 bridgehead atoms. The van der Waals surface area contributed by atoms with Crippen LogP contribution in [0.2, 0.25) is 4.34 Å². The minimum absolute atomic E-state index is 0.0233. The highest BCUT2D eigenvalue weighted by atomic mass is 35.5. The third-order valence-corrected chi connectivity index (χ3v) is 3.01. The zero-order valence-corrected chi connectivity index (χ0v) is 9.54. The Morgan fingerprint density at radius 1 is 1.57 bits per heavy atom. The van der Waals surface area contributed by atoms with E-state index in [1.165, 1.54) is 4.88 Å². The van der Waals surface area contributed by atoms with E-state index in [0.717, 1.165) is 17.2 Å². The van der Waals surface area contributed by atoms with Gasteiger partial charge in [0.25, 0.3) is 0 Å². The lowest BCUT2D eigenvalue weighted by molar-refractivity contribution is -0.122. The number of hydrogen-bond acceptors (Lipinski definition) is 3. The average Bonchev–Trinajstić information content (AvgIpc) is 2.52. The Labute approximate surface area is 92.4 Å². The number of amides is 1. The molecule has 1 aromatic heterocycles. The Balaban J connectivity index is 2.18. The second-order valence-corrected chi connectivity index (χ2v) is 4.66. The Morgan fingerprint density at radius 3 is 2.93 bits per heavy atom. The summed E-state index contributed by atoms with van der Waals surface area (Å²) in [5, 5.41) is 0. The number of aryl methyl sites for hydroxylation is 1. The zero-order valence-electron chi connectivity index (χ0n) is 7.97. The van der Waals surface area contributed by atoms with Gasteiger partial charge in [0, 0.05) is 18.3 Å². The predicted octanol–water partition coefficient (Wildman–Crippen LogP) is 1.97. The number of halogens is 1. The third kappa shape index (κ3) is 4.09. The van der Waals surface area contributed by atoms with E-state index in [-0.39, 0.29) is 5.91 Å². The molecule has 0 atom stereocenters. The van der Waals surface area contributed by atoms with Crippen LogP contribution in [-0.4, -0.2) is 13.0 Å². The van der Waals surface area contributed by atoms with Gasteiger partial charge in [-0.15, -0.1) is 11.3 Å². The summed E-state index contributed by atoms with van der Waals surface area (Å²) in [4.78, 5) is 12.3. The van der Waals surface area contributed by atoms with E-state index in [1.807, 2.05) is 12.1 Å². The van der Waals surface area contributed by atoms with Gasteiger partial charge in [-0.1, -0.05) is 11.6 Å². The van der Waals surface area contributed by atoms with Gasteiger partial charge in [-0.3, -0.25) is 10.2 Å². The van der Waals surface area contributed by atoms with Gasteiger partial charge in [-0.2, -0.15) is 0 Å². The van der Waals surface area contributed by atoms with Gasteiger partial charge in [0.2, 0.25) is 5.91 Å². The number of rotatable bonds is 5. The van der Waals surface area contributed by atoms with Crippen molar-refractivity contribution in [2.45, 2.75) is 19.3 Å². The zero-order chi connectivity index (χ0) is 10.4. The van der Waals surface area contributed by atoms with E-state index < -0.39 is 0 Å². The first-order chi connectivity index (χ1) is 6.72. The first-order valence-electron chi connectivity index (χ1n) is 4.42. The predicted molar refractivity (Wildman–Crippen MR) is 59.5 cm³/mol. The lowest BCUT2D eigenvalue weighted by atomic mass is 10.2. The average molecular weight is 233 g/mol. The van der Waals surface area contributed by atoms with Crippen LogP contribution >= 0.6 is 22.9 Å². The van der Waals surface area contributed by atoms with Crippen LogP contribution in [0.4, 0.5) is 0 Å². The fourth-order valence-electron chi connectivity index (χ4n) is 1.11. The van der Waals surface area contributed by atoms with Crippen LogP contribution in [0, 0.1) is 0 Å². The molecule has 0 fully saturated rings. The smallest absolute Gasteiger partial charge is 0.234 e. The molecule has 5 heteroatoms. The SMILES string of the molecule is CNNC(=O)CCCc1ccc(Cl)s1. The van der Waals surface area contributed by atoms with E-state index in [0.29, 0.717) is 6.42 Å². The van der Waals surface area contributed by atoms with Gasteiger partial charge in [0.1, 0.15) is 0 Å². The van der Waals surface area contributed by atoms with Crippen molar-refractivity contribution < 1.29 is 4.79 Å². The van der Waals surface area contributed by atoms with Crippen LogP contribution in [0.25, 0.3) is 0 Å². The summed E-state index contributed by atoms with van der Waals surface area (Å²) in [6, 6.07) is 3.89. The standard InChI is InChI=1S/C9H13ClN2OS/c1-11-12-9(13)4-2-3-7-5-6-8(10)14-7/h5-6,11H,2-4H2,1H3,(H,12,13).